The van der Waals surface area contributed by atoms with Crippen molar-refractivity contribution in [3.63, 3.8) is 0 Å². The van der Waals surface area contributed by atoms with Gasteiger partial charge in [0.05, 0.1) is 6.04 Å². The minimum Gasteiger partial charge on any atom is -0.332 e. The Balaban J connectivity index is 1.43. The molecule has 1 aromatic heterocycles. The quantitative estimate of drug-likeness (QED) is 0.633. The number of likely N-dealkylation sites (tertiary alicyclic amines) is 1. The summed E-state index contributed by atoms with van der Waals surface area (Å²) in [7, 11) is 0. The summed E-state index contributed by atoms with van der Waals surface area (Å²) in [4.78, 5) is 38.1. The second-order valence-electron chi connectivity index (χ2n) is 6.72. The number of nitrogens with one attached hydrogen (secondary N) is 3. The molecule has 0 aromatic carbocycles. The molecule has 0 bridgehead atoms. The number of urea groups is 1. The fourth-order valence-corrected chi connectivity index (χ4v) is 4.08. The molecule has 1 spiro atoms. The van der Waals surface area contributed by atoms with Gasteiger partial charge in [0.15, 0.2) is 5.82 Å². The lowest BCUT2D eigenvalue weighted by Gasteiger charge is -2.36. The van der Waals surface area contributed by atoms with E-state index in [1.165, 1.54) is 0 Å². The molecular formula is C14H19N7O3. The van der Waals surface area contributed by atoms with Gasteiger partial charge >= 0.3 is 6.03 Å². The number of imide groups is 1. The highest BCUT2D eigenvalue weighted by atomic mass is 16.2. The molecule has 1 unspecified atom stereocenters. The van der Waals surface area contributed by atoms with Crippen LogP contribution >= 0.6 is 0 Å². The van der Waals surface area contributed by atoms with Gasteiger partial charge in [-0.05, 0) is 38.5 Å². The first-order chi connectivity index (χ1) is 11.6. The minimum atomic E-state index is -0.827. The summed E-state index contributed by atoms with van der Waals surface area (Å²) in [5.74, 6) is 0.232. The van der Waals surface area contributed by atoms with Crippen LogP contribution in [0.3, 0.4) is 0 Å². The van der Waals surface area contributed by atoms with Gasteiger partial charge in [0.1, 0.15) is 5.54 Å². The zero-order valence-electron chi connectivity index (χ0n) is 13.1. The average Bonchev–Trinajstić information content (AvgIpc) is 3.29. The van der Waals surface area contributed by atoms with Crippen LogP contribution in [0, 0.1) is 5.92 Å². The van der Waals surface area contributed by atoms with E-state index >= 15 is 0 Å². The topological polar surface area (TPSA) is 133 Å². The highest BCUT2D eigenvalue weighted by molar-refractivity contribution is 6.07. The first-order valence-electron chi connectivity index (χ1n) is 8.26. The fourth-order valence-electron chi connectivity index (χ4n) is 4.08. The monoisotopic (exact) mass is 333 g/mol. The Morgan fingerprint density at radius 2 is 2.00 bits per heavy atom. The van der Waals surface area contributed by atoms with E-state index in [0.717, 1.165) is 12.8 Å². The molecule has 2 aliphatic heterocycles. The van der Waals surface area contributed by atoms with E-state index in [1.54, 1.807) is 0 Å². The summed E-state index contributed by atoms with van der Waals surface area (Å²) in [6.45, 7) is 0.691. The maximum atomic E-state index is 12.9. The van der Waals surface area contributed by atoms with Crippen LogP contribution in [-0.2, 0) is 9.59 Å². The molecule has 3 aliphatic rings. The van der Waals surface area contributed by atoms with Crippen molar-refractivity contribution in [3.8, 4) is 0 Å². The lowest BCUT2D eigenvalue weighted by Crippen LogP contribution is -2.51. The number of hydrogen-bond donors (Lipinski definition) is 3. The van der Waals surface area contributed by atoms with Crippen LogP contribution in [0.15, 0.2) is 0 Å². The Hall–Kier alpha value is -2.52. The van der Waals surface area contributed by atoms with E-state index in [9.17, 15) is 14.4 Å². The number of tetrazole rings is 1. The van der Waals surface area contributed by atoms with Crippen LogP contribution < -0.4 is 10.6 Å². The van der Waals surface area contributed by atoms with Crippen LogP contribution in [0.4, 0.5) is 4.79 Å². The normalized spacial score (nSPS) is 32.9. The summed E-state index contributed by atoms with van der Waals surface area (Å²) in [6, 6.07) is -0.567. The molecule has 1 atom stereocenters. The number of H-pyrrole nitrogens is 1. The molecule has 0 radical (unpaired) electrons. The number of aromatic nitrogens is 4. The molecule has 10 heteroatoms. The lowest BCUT2D eigenvalue weighted by molar-refractivity contribution is -0.139. The molecule has 4 amide bonds. The van der Waals surface area contributed by atoms with Crippen molar-refractivity contribution >= 4 is 17.8 Å². The van der Waals surface area contributed by atoms with Gasteiger partial charge in [-0.15, -0.1) is 10.2 Å². The maximum absolute atomic E-state index is 12.9. The predicted molar refractivity (Wildman–Crippen MR) is 79.2 cm³/mol. The van der Waals surface area contributed by atoms with E-state index in [2.05, 4.69) is 31.3 Å². The molecular weight excluding hydrogens is 314 g/mol. The van der Waals surface area contributed by atoms with Crippen molar-refractivity contribution in [1.29, 1.82) is 0 Å². The van der Waals surface area contributed by atoms with Gasteiger partial charge in [-0.3, -0.25) is 14.9 Å². The summed E-state index contributed by atoms with van der Waals surface area (Å²) >= 11 is 0. The van der Waals surface area contributed by atoms with Gasteiger partial charge in [0.2, 0.25) is 5.91 Å². The largest absolute Gasteiger partial charge is 0.332 e. The van der Waals surface area contributed by atoms with Gasteiger partial charge < -0.3 is 10.2 Å². The van der Waals surface area contributed by atoms with Gasteiger partial charge in [0, 0.05) is 12.5 Å². The second-order valence-corrected chi connectivity index (χ2v) is 6.72. The third-order valence-corrected chi connectivity index (χ3v) is 5.40. The number of aromatic amines is 1. The van der Waals surface area contributed by atoms with E-state index in [1.807, 2.05) is 4.90 Å². The molecule has 3 fully saturated rings. The maximum Gasteiger partial charge on any atom is 0.322 e. The summed E-state index contributed by atoms with van der Waals surface area (Å²) < 4.78 is 0. The summed E-state index contributed by atoms with van der Waals surface area (Å²) in [5.41, 5.74) is -0.827. The molecule has 4 rings (SSSR count). The van der Waals surface area contributed by atoms with Crippen LogP contribution in [0.25, 0.3) is 0 Å². The molecule has 24 heavy (non-hydrogen) atoms. The SMILES string of the molecule is O=C1NC(=O)C2(CCC(C(=O)N3CCCC3c3nn[nH]n3)CC2)N1. The molecule has 3 heterocycles. The first kappa shape index (κ1) is 15.0. The van der Waals surface area contributed by atoms with E-state index < -0.39 is 11.6 Å². The summed E-state index contributed by atoms with van der Waals surface area (Å²) in [5, 5.41) is 19.0. The van der Waals surface area contributed by atoms with Crippen molar-refractivity contribution in [2.75, 3.05) is 6.54 Å². The second kappa shape index (κ2) is 5.53. The molecule has 2 saturated heterocycles. The van der Waals surface area contributed by atoms with Gasteiger partial charge in [-0.1, -0.05) is 5.21 Å². The number of carbonyl (C=O) groups excluding carboxylic acids is 3. The molecule has 10 nitrogen and oxygen atoms in total. The fraction of sp³-hybridized carbons (Fsp3) is 0.714. The zero-order chi connectivity index (χ0) is 16.7. The Morgan fingerprint density at radius 1 is 1.21 bits per heavy atom. The van der Waals surface area contributed by atoms with Crippen LogP contribution in [-0.4, -0.2) is 55.5 Å². The lowest BCUT2D eigenvalue weighted by atomic mass is 9.76. The smallest absolute Gasteiger partial charge is 0.322 e. The number of rotatable bonds is 2. The number of hydrogen-bond acceptors (Lipinski definition) is 6. The Kier molecular flexibility index (Phi) is 3.47. The molecule has 128 valence electrons. The number of amides is 4. The van der Waals surface area contributed by atoms with E-state index in [4.69, 9.17) is 0 Å². The first-order valence-corrected chi connectivity index (χ1v) is 8.26. The molecule has 3 N–H and O–H groups in total. The van der Waals surface area contributed by atoms with E-state index in [0.29, 0.717) is 38.1 Å². The van der Waals surface area contributed by atoms with Crippen molar-refractivity contribution < 1.29 is 14.4 Å². The third kappa shape index (κ3) is 2.33. The van der Waals surface area contributed by atoms with Gasteiger partial charge in [-0.2, -0.15) is 5.21 Å². The Morgan fingerprint density at radius 3 is 2.62 bits per heavy atom. The van der Waals surface area contributed by atoms with Crippen LogP contribution in [0.2, 0.25) is 0 Å². The van der Waals surface area contributed by atoms with E-state index in [-0.39, 0.29) is 23.8 Å². The van der Waals surface area contributed by atoms with Gasteiger partial charge in [-0.25, -0.2) is 4.79 Å². The molecule has 1 aromatic rings. The Labute approximate surface area is 137 Å². The van der Waals surface area contributed by atoms with Crippen molar-refractivity contribution in [2.45, 2.75) is 50.1 Å². The van der Waals surface area contributed by atoms with Crippen LogP contribution in [0.5, 0.6) is 0 Å². The van der Waals surface area contributed by atoms with Crippen molar-refractivity contribution in [3.05, 3.63) is 5.82 Å². The van der Waals surface area contributed by atoms with Crippen molar-refractivity contribution in [1.82, 2.24) is 36.2 Å². The average molecular weight is 333 g/mol. The molecule has 1 saturated carbocycles. The standard InChI is InChI=1S/C14H19N7O3/c22-11(21-7-1-2-9(21)10-17-19-20-18-10)8-3-5-14(6-4-8)12(23)15-13(24)16-14/h8-9H,1-7H2,(H2,15,16,23,24)(H,17,18,19,20). The van der Waals surface area contributed by atoms with Crippen LogP contribution in [0.1, 0.15) is 50.4 Å². The summed E-state index contributed by atoms with van der Waals surface area (Å²) in [6.07, 6.45) is 3.90. The highest BCUT2D eigenvalue weighted by Crippen LogP contribution is 2.38. The number of nitrogens with zero attached hydrogens (tertiary/aromatic N) is 4. The Bertz CT molecular complexity index is 666. The van der Waals surface area contributed by atoms with Crippen molar-refractivity contribution in [2.24, 2.45) is 5.92 Å². The minimum absolute atomic E-state index is 0.0851. The highest BCUT2D eigenvalue weighted by Gasteiger charge is 2.49. The van der Waals surface area contributed by atoms with Gasteiger partial charge in [0.25, 0.3) is 5.91 Å². The molecule has 1 aliphatic carbocycles. The third-order valence-electron chi connectivity index (χ3n) is 5.40. The predicted octanol–water partition coefficient (Wildman–Crippen LogP) is -0.368. The number of carbonyl (C=O) groups is 3. The zero-order valence-corrected chi connectivity index (χ0v) is 13.1.